The summed E-state index contributed by atoms with van der Waals surface area (Å²) < 4.78 is 50.9. The fraction of sp³-hybridized carbons (Fsp3) is 0.0476. The van der Waals surface area contributed by atoms with Gasteiger partial charge in [-0.1, -0.05) is 30.3 Å². The van der Waals surface area contributed by atoms with Crippen LogP contribution in [-0.2, 0) is 19.9 Å². The minimum Gasteiger partial charge on any atom is -0.300 e. The molecule has 0 aliphatic carbocycles. The highest BCUT2D eigenvalue weighted by atomic mass is 32.2. The van der Waals surface area contributed by atoms with Crippen molar-refractivity contribution in [3.63, 3.8) is 0 Å². The first-order valence-electron chi connectivity index (χ1n) is 8.70. The molecule has 0 unspecified atom stereocenters. The van der Waals surface area contributed by atoms with E-state index in [-0.39, 0.29) is 21.2 Å². The highest BCUT2D eigenvalue weighted by Gasteiger charge is 2.17. The van der Waals surface area contributed by atoms with Gasteiger partial charge in [0.1, 0.15) is 0 Å². The molecule has 2 N–H and O–H groups in total. The van der Waals surface area contributed by atoms with Crippen LogP contribution in [-0.4, -0.2) is 35.5 Å². The molecule has 3 rings (SSSR count). The van der Waals surface area contributed by atoms with Crippen LogP contribution in [0, 0.1) is 5.41 Å². The molecule has 0 bridgehead atoms. The Morgan fingerprint density at radius 2 is 1.53 bits per heavy atom. The van der Waals surface area contributed by atoms with Gasteiger partial charge in [-0.15, -0.1) is 0 Å². The number of nitrogens with one attached hydrogen (secondary N) is 2. The Morgan fingerprint density at radius 3 is 2.17 bits per heavy atom. The lowest BCUT2D eigenvalue weighted by atomic mass is 10.0. The lowest BCUT2D eigenvalue weighted by molar-refractivity contribution is 0.597. The van der Waals surface area contributed by atoms with E-state index in [0.717, 1.165) is 6.26 Å². The number of sulfone groups is 1. The van der Waals surface area contributed by atoms with Gasteiger partial charge in [-0.25, -0.2) is 16.8 Å². The van der Waals surface area contributed by atoms with Gasteiger partial charge in [-0.2, -0.15) is 0 Å². The summed E-state index contributed by atoms with van der Waals surface area (Å²) in [6.45, 7) is 3.51. The molecule has 3 aromatic rings. The summed E-state index contributed by atoms with van der Waals surface area (Å²) >= 11 is 0. The van der Waals surface area contributed by atoms with Crippen LogP contribution in [0.2, 0.25) is 0 Å². The molecule has 0 fully saturated rings. The molecule has 0 heterocycles. The first kappa shape index (κ1) is 21.4. The number of para-hydroxylation sites is 1. The molecule has 3 aromatic carbocycles. The van der Waals surface area contributed by atoms with Crippen LogP contribution in [0.1, 0.15) is 11.1 Å². The van der Waals surface area contributed by atoms with Crippen molar-refractivity contribution < 1.29 is 16.8 Å². The fourth-order valence-corrected chi connectivity index (χ4v) is 4.48. The van der Waals surface area contributed by atoms with E-state index >= 15 is 0 Å². The van der Waals surface area contributed by atoms with E-state index in [9.17, 15) is 16.8 Å². The third-order valence-electron chi connectivity index (χ3n) is 4.31. The van der Waals surface area contributed by atoms with Crippen molar-refractivity contribution in [3.8, 4) is 0 Å². The molecule has 0 aromatic heterocycles. The number of nitrogens with zero attached hydrogens (tertiary/aromatic N) is 1. The molecule has 0 atom stereocenters. The van der Waals surface area contributed by atoms with Crippen molar-refractivity contribution in [3.05, 3.63) is 83.9 Å². The summed E-state index contributed by atoms with van der Waals surface area (Å²) in [5.74, 6) is 0. The van der Waals surface area contributed by atoms with Gasteiger partial charge >= 0.3 is 0 Å². The molecule has 0 aliphatic rings. The van der Waals surface area contributed by atoms with Gasteiger partial charge in [0.05, 0.1) is 21.2 Å². The average molecular weight is 442 g/mol. The van der Waals surface area contributed by atoms with E-state index in [4.69, 9.17) is 5.41 Å². The molecule has 9 heteroatoms. The Hall–Kier alpha value is -3.30. The molecule has 154 valence electrons. The van der Waals surface area contributed by atoms with Crippen molar-refractivity contribution in [1.82, 2.24) is 0 Å². The molecule has 0 amide bonds. The van der Waals surface area contributed by atoms with Crippen LogP contribution in [0.25, 0.3) is 0 Å². The lowest BCUT2D eigenvalue weighted by Gasteiger charge is -2.11. The van der Waals surface area contributed by atoms with Crippen molar-refractivity contribution in [2.45, 2.75) is 9.79 Å². The predicted molar refractivity (Wildman–Crippen MR) is 118 cm³/mol. The minimum atomic E-state index is -3.94. The van der Waals surface area contributed by atoms with Gasteiger partial charge in [-0.3, -0.25) is 15.1 Å². The second kappa shape index (κ2) is 8.21. The molecule has 0 aliphatic heterocycles. The van der Waals surface area contributed by atoms with Crippen LogP contribution in [0.3, 0.4) is 0 Å². The number of hydrogen-bond acceptors (Lipinski definition) is 6. The third-order valence-corrected chi connectivity index (χ3v) is 6.84. The molecular formula is C21H19N3O4S2. The average Bonchev–Trinajstić information content (AvgIpc) is 2.72. The zero-order valence-corrected chi connectivity index (χ0v) is 17.7. The summed E-state index contributed by atoms with van der Waals surface area (Å²) in [4.78, 5) is 3.88. The summed E-state index contributed by atoms with van der Waals surface area (Å²) in [6, 6.07) is 18.5. The highest BCUT2D eigenvalue weighted by molar-refractivity contribution is 7.92. The lowest BCUT2D eigenvalue weighted by Crippen LogP contribution is -2.13. The topological polar surface area (TPSA) is 117 Å². The number of anilines is 1. The molecule has 7 nitrogen and oxygen atoms in total. The van der Waals surface area contributed by atoms with Crippen LogP contribution in [0.5, 0.6) is 0 Å². The summed E-state index contributed by atoms with van der Waals surface area (Å²) in [7, 11) is -7.36. The number of rotatable bonds is 7. The van der Waals surface area contributed by atoms with Crippen LogP contribution in [0.15, 0.2) is 87.6 Å². The quantitative estimate of drug-likeness (QED) is 0.544. The van der Waals surface area contributed by atoms with E-state index in [1.54, 1.807) is 48.5 Å². The maximum absolute atomic E-state index is 12.7. The van der Waals surface area contributed by atoms with Gasteiger partial charge in [0.25, 0.3) is 10.0 Å². The normalized spacial score (nSPS) is 11.6. The SMILES string of the molecule is C=Nc1ccccc1C(=N)c1cccc(NS(=O)(=O)c2ccc(S(C)(=O)=O)cc2)c1. The minimum absolute atomic E-state index is 0.0337. The maximum Gasteiger partial charge on any atom is 0.261 e. The highest BCUT2D eigenvalue weighted by Crippen LogP contribution is 2.24. The number of aliphatic imine (C=N–C) groups is 1. The van der Waals surface area contributed by atoms with Crippen molar-refractivity contribution in [2.75, 3.05) is 11.0 Å². The van der Waals surface area contributed by atoms with Crippen molar-refractivity contribution in [2.24, 2.45) is 4.99 Å². The zero-order valence-electron chi connectivity index (χ0n) is 16.0. The first-order chi connectivity index (χ1) is 14.1. The van der Waals surface area contributed by atoms with E-state index in [2.05, 4.69) is 16.4 Å². The molecule has 0 spiro atoms. The van der Waals surface area contributed by atoms with Gasteiger partial charge in [0.2, 0.25) is 0 Å². The van der Waals surface area contributed by atoms with Gasteiger partial charge < -0.3 is 0 Å². The Kier molecular flexibility index (Phi) is 5.86. The summed E-state index contributed by atoms with van der Waals surface area (Å²) in [6.07, 6.45) is 1.05. The van der Waals surface area contributed by atoms with Crippen LogP contribution < -0.4 is 4.72 Å². The predicted octanol–water partition coefficient (Wildman–Crippen LogP) is 3.64. The Balaban J connectivity index is 1.89. The van der Waals surface area contributed by atoms with Crippen molar-refractivity contribution >= 4 is 43.7 Å². The van der Waals surface area contributed by atoms with Gasteiger partial charge in [-0.05, 0) is 49.2 Å². The van der Waals surface area contributed by atoms with Gasteiger partial charge in [0.15, 0.2) is 9.84 Å². The second-order valence-electron chi connectivity index (χ2n) is 6.48. The van der Waals surface area contributed by atoms with Crippen molar-refractivity contribution in [1.29, 1.82) is 5.41 Å². The molecule has 0 saturated carbocycles. The number of hydrogen-bond donors (Lipinski definition) is 2. The van der Waals surface area contributed by atoms with E-state index in [1.165, 1.54) is 24.3 Å². The number of sulfonamides is 1. The first-order valence-corrected chi connectivity index (χ1v) is 12.1. The second-order valence-corrected chi connectivity index (χ2v) is 10.2. The fourth-order valence-electron chi connectivity index (χ4n) is 2.80. The third kappa shape index (κ3) is 4.64. The zero-order chi connectivity index (χ0) is 21.9. The van der Waals surface area contributed by atoms with Crippen LogP contribution >= 0.6 is 0 Å². The molecule has 0 saturated heterocycles. The van der Waals surface area contributed by atoms with Gasteiger partial charge in [0, 0.05) is 23.1 Å². The summed E-state index contributed by atoms with van der Waals surface area (Å²) in [5, 5.41) is 8.47. The Morgan fingerprint density at radius 1 is 0.900 bits per heavy atom. The van der Waals surface area contributed by atoms with E-state index in [1.807, 2.05) is 0 Å². The van der Waals surface area contributed by atoms with E-state index in [0.29, 0.717) is 16.8 Å². The number of benzene rings is 3. The Bertz CT molecular complexity index is 1330. The standard InChI is InChI=1S/C21H19N3O4S2/c1-23-20-9-4-3-8-19(20)21(22)15-6-5-7-16(14-15)24-30(27,28)18-12-10-17(11-13-18)29(2,25)26/h3-14,22,24H,1H2,2H3. The molecular weight excluding hydrogens is 422 g/mol. The molecule has 30 heavy (non-hydrogen) atoms. The maximum atomic E-state index is 12.7. The smallest absolute Gasteiger partial charge is 0.261 e. The summed E-state index contributed by atoms with van der Waals surface area (Å²) in [5.41, 5.74) is 2.08. The van der Waals surface area contributed by atoms with Crippen LogP contribution in [0.4, 0.5) is 11.4 Å². The largest absolute Gasteiger partial charge is 0.300 e. The monoisotopic (exact) mass is 441 g/mol. The molecule has 0 radical (unpaired) electrons. The Labute approximate surface area is 175 Å². The van der Waals surface area contributed by atoms with E-state index < -0.39 is 19.9 Å².